The molecule has 0 saturated heterocycles. The van der Waals surface area contributed by atoms with Gasteiger partial charge in [-0.25, -0.2) is 0 Å². The molecule has 2 aromatic heterocycles. The number of thioether (sulfide) groups is 1. The molecule has 1 unspecified atom stereocenters. The molecule has 1 N–H and O–H groups in total. The van der Waals surface area contributed by atoms with Gasteiger partial charge in [-0.05, 0) is 50.5 Å². The van der Waals surface area contributed by atoms with Crippen molar-refractivity contribution in [2.24, 2.45) is 0 Å². The van der Waals surface area contributed by atoms with E-state index in [1.165, 1.54) is 31.0 Å². The van der Waals surface area contributed by atoms with Crippen LogP contribution in [0.15, 0.2) is 29.4 Å². The summed E-state index contributed by atoms with van der Waals surface area (Å²) in [5, 5.41) is 13.5. The van der Waals surface area contributed by atoms with Crippen LogP contribution in [0.4, 0.5) is 0 Å². The number of nitrogens with one attached hydrogen (secondary N) is 1. The second-order valence-corrected chi connectivity index (χ2v) is 8.80. The summed E-state index contributed by atoms with van der Waals surface area (Å²) < 4.78 is 7.42. The lowest BCUT2D eigenvalue weighted by Crippen LogP contribution is -2.40. The lowest BCUT2D eigenvalue weighted by Gasteiger charge is -2.24. The van der Waals surface area contributed by atoms with Gasteiger partial charge >= 0.3 is 0 Å². The molecule has 1 aliphatic carbocycles. The molecule has 0 radical (unpaired) electrons. The summed E-state index contributed by atoms with van der Waals surface area (Å²) in [4.78, 5) is 12.7. The number of rotatable bonds is 5. The van der Waals surface area contributed by atoms with Crippen molar-refractivity contribution < 1.29 is 9.53 Å². The van der Waals surface area contributed by atoms with Gasteiger partial charge in [0.05, 0.1) is 17.9 Å². The predicted octanol–water partition coefficient (Wildman–Crippen LogP) is 4.13. The molecule has 0 bridgehead atoms. The molecule has 6 nitrogen and oxygen atoms in total. The first-order chi connectivity index (χ1) is 13.6. The maximum absolute atomic E-state index is 12.7. The summed E-state index contributed by atoms with van der Waals surface area (Å²) in [7, 11) is 1.66. The van der Waals surface area contributed by atoms with Gasteiger partial charge in [0.2, 0.25) is 5.91 Å². The molecular formula is C21H26N4O2S. The van der Waals surface area contributed by atoms with Gasteiger partial charge in [-0.1, -0.05) is 31.0 Å². The van der Waals surface area contributed by atoms with Gasteiger partial charge in [0.1, 0.15) is 5.75 Å². The highest BCUT2D eigenvalue weighted by atomic mass is 32.2. The molecule has 1 aromatic carbocycles. The Morgan fingerprint density at radius 2 is 2.04 bits per heavy atom. The van der Waals surface area contributed by atoms with Crippen molar-refractivity contribution in [1.82, 2.24) is 19.9 Å². The van der Waals surface area contributed by atoms with E-state index < -0.39 is 0 Å². The fourth-order valence-electron chi connectivity index (χ4n) is 3.88. The number of nitrogens with zero attached hydrogens (tertiary/aromatic N) is 3. The van der Waals surface area contributed by atoms with Crippen LogP contribution < -0.4 is 10.1 Å². The molecular weight excluding hydrogens is 372 g/mol. The number of benzene rings is 1. The minimum atomic E-state index is -0.240. The fourth-order valence-corrected chi connectivity index (χ4v) is 4.76. The van der Waals surface area contributed by atoms with Crippen LogP contribution in [0.2, 0.25) is 0 Å². The molecule has 3 aromatic rings. The summed E-state index contributed by atoms with van der Waals surface area (Å²) in [6.07, 6.45) is 5.85. The Kier molecular flexibility index (Phi) is 5.44. The number of methoxy groups -OCH3 is 1. The zero-order valence-electron chi connectivity index (χ0n) is 16.6. The van der Waals surface area contributed by atoms with Crippen LogP contribution in [0.5, 0.6) is 5.75 Å². The van der Waals surface area contributed by atoms with Gasteiger partial charge in [-0.15, -0.1) is 10.2 Å². The van der Waals surface area contributed by atoms with E-state index in [9.17, 15) is 4.79 Å². The Bertz CT molecular complexity index is 1010. The molecule has 0 spiro atoms. The average Bonchev–Trinajstić information content (AvgIpc) is 3.10. The number of carbonyl (C=O) groups is 1. The van der Waals surface area contributed by atoms with Gasteiger partial charge in [0, 0.05) is 17.5 Å². The van der Waals surface area contributed by atoms with Gasteiger partial charge in [-0.2, -0.15) is 0 Å². The molecule has 1 atom stereocenters. The lowest BCUT2D eigenvalue weighted by atomic mass is 9.95. The second kappa shape index (κ2) is 7.99. The van der Waals surface area contributed by atoms with Gasteiger partial charge < -0.3 is 10.1 Å². The van der Waals surface area contributed by atoms with E-state index in [2.05, 4.69) is 28.5 Å². The normalized spacial score (nSPS) is 16.4. The topological polar surface area (TPSA) is 68.5 Å². The summed E-state index contributed by atoms with van der Waals surface area (Å²) in [5.74, 6) is 0.856. The van der Waals surface area contributed by atoms with Crippen LogP contribution in [0.25, 0.3) is 16.6 Å². The molecule has 28 heavy (non-hydrogen) atoms. The highest BCUT2D eigenvalue weighted by molar-refractivity contribution is 8.00. The number of fused-ring (bicyclic) bond motifs is 3. The van der Waals surface area contributed by atoms with Crippen LogP contribution >= 0.6 is 11.8 Å². The second-order valence-electron chi connectivity index (χ2n) is 7.49. The van der Waals surface area contributed by atoms with E-state index in [1.807, 2.05) is 29.5 Å². The number of hydrogen-bond acceptors (Lipinski definition) is 5. The molecule has 148 valence electrons. The van der Waals surface area contributed by atoms with Crippen LogP contribution in [-0.2, 0) is 4.79 Å². The lowest BCUT2D eigenvalue weighted by molar-refractivity contribution is -0.121. The van der Waals surface area contributed by atoms with E-state index in [4.69, 9.17) is 4.74 Å². The molecule has 1 amide bonds. The maximum atomic E-state index is 12.7. The third-order valence-electron chi connectivity index (χ3n) is 5.48. The number of carbonyl (C=O) groups excluding carboxylic acids is 1. The fraction of sp³-hybridized carbons (Fsp3) is 0.476. The van der Waals surface area contributed by atoms with Crippen LogP contribution in [-0.4, -0.2) is 38.9 Å². The van der Waals surface area contributed by atoms with Crippen molar-refractivity contribution in [1.29, 1.82) is 0 Å². The molecule has 1 saturated carbocycles. The number of hydrogen-bond donors (Lipinski definition) is 1. The Hall–Kier alpha value is -2.28. The van der Waals surface area contributed by atoms with E-state index in [-0.39, 0.29) is 11.2 Å². The van der Waals surface area contributed by atoms with E-state index in [0.717, 1.165) is 45.9 Å². The van der Waals surface area contributed by atoms with Crippen LogP contribution in [0, 0.1) is 6.92 Å². The molecule has 0 aliphatic heterocycles. The summed E-state index contributed by atoms with van der Waals surface area (Å²) in [6.45, 7) is 4.00. The number of ether oxygens (including phenoxy) is 1. The minimum absolute atomic E-state index is 0.0719. The van der Waals surface area contributed by atoms with Gasteiger partial charge in [-0.3, -0.25) is 9.20 Å². The Labute approximate surface area is 169 Å². The number of aromatic nitrogens is 3. The van der Waals surface area contributed by atoms with E-state index in [1.54, 1.807) is 7.11 Å². The Balaban J connectivity index is 1.63. The minimum Gasteiger partial charge on any atom is -0.497 e. The highest BCUT2D eigenvalue weighted by Gasteiger charge is 2.23. The van der Waals surface area contributed by atoms with E-state index in [0.29, 0.717) is 6.04 Å². The van der Waals surface area contributed by atoms with Crippen molar-refractivity contribution in [3.63, 3.8) is 0 Å². The standard InChI is InChI=1S/C21H26N4O2S/c1-13-11-19-23-24-21(25(19)18-12-16(27-3)9-10-17(13)18)28-14(2)20(26)22-15-7-5-4-6-8-15/h9-12,14-15H,4-8H2,1-3H3,(H,22,26). The molecule has 7 heteroatoms. The monoisotopic (exact) mass is 398 g/mol. The number of amides is 1. The van der Waals surface area contributed by atoms with Crippen molar-refractivity contribution in [3.05, 3.63) is 29.8 Å². The van der Waals surface area contributed by atoms with Crippen molar-refractivity contribution in [2.45, 2.75) is 62.4 Å². The summed E-state index contributed by atoms with van der Waals surface area (Å²) in [5.41, 5.74) is 2.90. The van der Waals surface area contributed by atoms with Gasteiger partial charge in [0.25, 0.3) is 0 Å². The summed E-state index contributed by atoms with van der Waals surface area (Å²) in [6, 6.07) is 8.34. The van der Waals surface area contributed by atoms with Crippen molar-refractivity contribution >= 4 is 34.2 Å². The Morgan fingerprint density at radius 3 is 2.79 bits per heavy atom. The van der Waals surface area contributed by atoms with Crippen molar-refractivity contribution in [2.75, 3.05) is 7.11 Å². The third-order valence-corrected chi connectivity index (χ3v) is 6.52. The first-order valence-corrected chi connectivity index (χ1v) is 10.7. The SMILES string of the molecule is COc1ccc2c(C)cc3nnc(SC(C)C(=O)NC4CCCCC4)n3c2c1. The number of pyridine rings is 1. The van der Waals surface area contributed by atoms with Crippen LogP contribution in [0.3, 0.4) is 0 Å². The first-order valence-electron chi connectivity index (χ1n) is 9.86. The molecule has 2 heterocycles. The van der Waals surface area contributed by atoms with Crippen molar-refractivity contribution in [3.8, 4) is 5.75 Å². The maximum Gasteiger partial charge on any atom is 0.233 e. The Morgan fingerprint density at radius 1 is 1.25 bits per heavy atom. The largest absolute Gasteiger partial charge is 0.497 e. The molecule has 4 rings (SSSR count). The zero-order valence-corrected chi connectivity index (χ0v) is 17.4. The molecule has 1 fully saturated rings. The van der Waals surface area contributed by atoms with Gasteiger partial charge in [0.15, 0.2) is 10.8 Å². The first kappa shape index (κ1) is 19.1. The predicted molar refractivity (Wildman–Crippen MR) is 112 cm³/mol. The van der Waals surface area contributed by atoms with E-state index >= 15 is 0 Å². The zero-order chi connectivity index (χ0) is 19.7. The molecule has 1 aliphatic rings. The smallest absolute Gasteiger partial charge is 0.233 e. The quantitative estimate of drug-likeness (QED) is 0.655. The van der Waals surface area contributed by atoms with Crippen LogP contribution in [0.1, 0.15) is 44.6 Å². The number of aryl methyl sites for hydroxylation is 1. The third kappa shape index (κ3) is 3.68. The summed E-state index contributed by atoms with van der Waals surface area (Å²) >= 11 is 1.45. The highest BCUT2D eigenvalue weighted by Crippen LogP contribution is 2.30. The average molecular weight is 399 g/mol.